The number of aryl methyl sites for hydroxylation is 4. The molecule has 2 atom stereocenters. The number of amides is 2. The van der Waals surface area contributed by atoms with Gasteiger partial charge in [-0.25, -0.2) is 0 Å². The van der Waals surface area contributed by atoms with E-state index in [-0.39, 0.29) is 28.7 Å². The summed E-state index contributed by atoms with van der Waals surface area (Å²) >= 11 is 0. The van der Waals surface area contributed by atoms with Gasteiger partial charge in [-0.15, -0.1) is 0 Å². The Kier molecular flexibility index (Phi) is 6.83. The molecule has 1 aliphatic rings. The van der Waals surface area contributed by atoms with Gasteiger partial charge in [0.2, 0.25) is 0 Å². The van der Waals surface area contributed by atoms with E-state index in [1.807, 2.05) is 50.2 Å². The van der Waals surface area contributed by atoms with Gasteiger partial charge in [0, 0.05) is 23.7 Å². The van der Waals surface area contributed by atoms with Crippen molar-refractivity contribution in [1.82, 2.24) is 10.6 Å². The molecule has 2 aromatic carbocycles. The maximum atomic E-state index is 12.9. The van der Waals surface area contributed by atoms with Gasteiger partial charge in [-0.1, -0.05) is 32.9 Å². The zero-order valence-corrected chi connectivity index (χ0v) is 20.7. The average molecular weight is 435 g/mol. The first-order chi connectivity index (χ1) is 14.9. The fraction of sp³-hybridized carbons (Fsp3) is 0.500. The van der Waals surface area contributed by atoms with Crippen LogP contribution < -0.4 is 10.6 Å². The average Bonchev–Trinajstić information content (AvgIpc) is 2.68. The molecule has 0 bridgehead atoms. The second kappa shape index (κ2) is 9.09. The molecule has 2 amide bonds. The Bertz CT molecular complexity index is 1020. The molecule has 4 heteroatoms. The van der Waals surface area contributed by atoms with Crippen molar-refractivity contribution in [2.75, 3.05) is 6.54 Å². The summed E-state index contributed by atoms with van der Waals surface area (Å²) in [6, 6.07) is 11.8. The van der Waals surface area contributed by atoms with Gasteiger partial charge in [-0.05, 0) is 104 Å². The van der Waals surface area contributed by atoms with Gasteiger partial charge in [0.1, 0.15) is 0 Å². The van der Waals surface area contributed by atoms with E-state index < -0.39 is 0 Å². The molecule has 2 N–H and O–H groups in total. The van der Waals surface area contributed by atoms with E-state index >= 15 is 0 Å². The fourth-order valence-electron chi connectivity index (χ4n) is 5.30. The van der Waals surface area contributed by atoms with Crippen molar-refractivity contribution in [2.45, 2.75) is 73.8 Å². The normalized spacial score (nSPS) is 22.3. The Hall–Kier alpha value is -2.62. The standard InChI is InChI=1S/C28H38N2O2/c1-18-8-10-22(12-20(18)3)25(31)29-17-28(7)15-24(14-27(5,6)16-28)30-26(32)23-11-9-19(2)21(4)13-23/h8-13,24H,14-17H2,1-7H3,(H,29,31)(H,30,32). The molecule has 0 aromatic heterocycles. The van der Waals surface area contributed by atoms with E-state index in [0.29, 0.717) is 17.7 Å². The molecular weight excluding hydrogens is 396 g/mol. The second-order valence-electron chi connectivity index (χ2n) is 11.0. The van der Waals surface area contributed by atoms with Crippen molar-refractivity contribution >= 4 is 11.8 Å². The van der Waals surface area contributed by atoms with Crippen molar-refractivity contribution in [3.63, 3.8) is 0 Å². The maximum absolute atomic E-state index is 12.9. The molecule has 3 rings (SSSR count). The van der Waals surface area contributed by atoms with Gasteiger partial charge in [0.25, 0.3) is 11.8 Å². The Morgan fingerprint density at radius 3 is 1.88 bits per heavy atom. The molecule has 172 valence electrons. The predicted molar refractivity (Wildman–Crippen MR) is 131 cm³/mol. The van der Waals surface area contributed by atoms with Crippen LogP contribution in [0.25, 0.3) is 0 Å². The van der Waals surface area contributed by atoms with Crippen LogP contribution in [0.1, 0.15) is 83.0 Å². The lowest BCUT2D eigenvalue weighted by atomic mass is 9.62. The first kappa shape index (κ1) is 24.0. The number of nitrogens with one attached hydrogen (secondary N) is 2. The van der Waals surface area contributed by atoms with Gasteiger partial charge < -0.3 is 10.6 Å². The molecule has 0 radical (unpaired) electrons. The van der Waals surface area contributed by atoms with E-state index in [1.165, 1.54) is 11.1 Å². The fourth-order valence-corrected chi connectivity index (χ4v) is 5.30. The van der Waals surface area contributed by atoms with Crippen molar-refractivity contribution in [2.24, 2.45) is 10.8 Å². The SMILES string of the molecule is Cc1ccc(C(=O)NCC2(C)CC(NC(=O)c3ccc(C)c(C)c3)CC(C)(C)C2)cc1C. The maximum Gasteiger partial charge on any atom is 0.251 e. The summed E-state index contributed by atoms with van der Waals surface area (Å²) < 4.78 is 0. The number of carbonyl (C=O) groups is 2. The number of rotatable bonds is 5. The van der Waals surface area contributed by atoms with Crippen LogP contribution in [-0.2, 0) is 0 Å². The zero-order valence-electron chi connectivity index (χ0n) is 20.7. The minimum atomic E-state index is -0.0850. The molecule has 2 unspecified atom stereocenters. The molecule has 0 spiro atoms. The third-order valence-electron chi connectivity index (χ3n) is 6.99. The summed E-state index contributed by atoms with van der Waals surface area (Å²) in [7, 11) is 0. The summed E-state index contributed by atoms with van der Waals surface area (Å²) in [5.41, 5.74) is 6.03. The summed E-state index contributed by atoms with van der Waals surface area (Å²) in [5.74, 6) is -0.0502. The van der Waals surface area contributed by atoms with Gasteiger partial charge in [-0.3, -0.25) is 9.59 Å². The van der Waals surface area contributed by atoms with Crippen molar-refractivity contribution < 1.29 is 9.59 Å². The summed E-state index contributed by atoms with van der Waals surface area (Å²) in [6.45, 7) is 15.5. The minimum Gasteiger partial charge on any atom is -0.351 e. The molecule has 0 saturated heterocycles. The highest BCUT2D eigenvalue weighted by Gasteiger charge is 2.42. The minimum absolute atomic E-state index is 0.0164. The van der Waals surface area contributed by atoms with E-state index in [2.05, 4.69) is 45.3 Å². The van der Waals surface area contributed by atoms with Crippen LogP contribution >= 0.6 is 0 Å². The van der Waals surface area contributed by atoms with Gasteiger partial charge >= 0.3 is 0 Å². The number of carbonyl (C=O) groups excluding carboxylic acids is 2. The van der Waals surface area contributed by atoms with Crippen molar-refractivity contribution in [3.05, 3.63) is 69.8 Å². The Labute approximate surface area is 193 Å². The molecule has 1 saturated carbocycles. The molecule has 1 fully saturated rings. The largest absolute Gasteiger partial charge is 0.351 e. The van der Waals surface area contributed by atoms with Crippen LogP contribution in [0.2, 0.25) is 0 Å². The smallest absolute Gasteiger partial charge is 0.251 e. The Morgan fingerprint density at radius 1 is 0.812 bits per heavy atom. The molecule has 32 heavy (non-hydrogen) atoms. The highest BCUT2D eigenvalue weighted by molar-refractivity contribution is 5.95. The van der Waals surface area contributed by atoms with Crippen LogP contribution in [-0.4, -0.2) is 24.4 Å². The first-order valence-corrected chi connectivity index (χ1v) is 11.6. The van der Waals surface area contributed by atoms with Crippen molar-refractivity contribution in [3.8, 4) is 0 Å². The molecule has 0 aliphatic heterocycles. The van der Waals surface area contributed by atoms with E-state index in [0.717, 1.165) is 30.4 Å². The van der Waals surface area contributed by atoms with Gasteiger partial charge in [0.05, 0.1) is 0 Å². The zero-order chi connectivity index (χ0) is 23.7. The summed E-state index contributed by atoms with van der Waals surface area (Å²) in [6.07, 6.45) is 2.79. The molecule has 0 heterocycles. The highest BCUT2D eigenvalue weighted by atomic mass is 16.2. The number of hydrogen-bond acceptors (Lipinski definition) is 2. The summed E-state index contributed by atoms with van der Waals surface area (Å²) in [4.78, 5) is 25.7. The van der Waals surface area contributed by atoms with Crippen LogP contribution in [0.4, 0.5) is 0 Å². The van der Waals surface area contributed by atoms with E-state index in [1.54, 1.807) is 0 Å². The molecule has 2 aromatic rings. The van der Waals surface area contributed by atoms with E-state index in [4.69, 9.17) is 0 Å². The lowest BCUT2D eigenvalue weighted by Gasteiger charge is -2.47. The molecule has 4 nitrogen and oxygen atoms in total. The lowest BCUT2D eigenvalue weighted by molar-refractivity contribution is 0.0592. The van der Waals surface area contributed by atoms with Crippen LogP contribution in [0, 0.1) is 38.5 Å². The predicted octanol–water partition coefficient (Wildman–Crippen LogP) is 5.67. The van der Waals surface area contributed by atoms with Crippen LogP contribution in [0.3, 0.4) is 0 Å². The number of hydrogen-bond donors (Lipinski definition) is 2. The van der Waals surface area contributed by atoms with E-state index in [9.17, 15) is 9.59 Å². The number of benzene rings is 2. The third kappa shape index (κ3) is 5.79. The second-order valence-corrected chi connectivity index (χ2v) is 11.0. The first-order valence-electron chi connectivity index (χ1n) is 11.6. The topological polar surface area (TPSA) is 58.2 Å². The third-order valence-corrected chi connectivity index (χ3v) is 6.99. The van der Waals surface area contributed by atoms with Crippen molar-refractivity contribution in [1.29, 1.82) is 0 Å². The quantitative estimate of drug-likeness (QED) is 0.637. The van der Waals surface area contributed by atoms with Crippen LogP contribution in [0.5, 0.6) is 0 Å². The molecule has 1 aliphatic carbocycles. The monoisotopic (exact) mass is 434 g/mol. The molecular formula is C28H38N2O2. The van der Waals surface area contributed by atoms with Crippen LogP contribution in [0.15, 0.2) is 36.4 Å². The Balaban J connectivity index is 1.68. The highest BCUT2D eigenvalue weighted by Crippen LogP contribution is 2.45. The summed E-state index contributed by atoms with van der Waals surface area (Å²) in [5, 5.41) is 6.44. The van der Waals surface area contributed by atoms with Gasteiger partial charge in [0.15, 0.2) is 0 Å². The Morgan fingerprint density at radius 2 is 1.34 bits per heavy atom. The lowest BCUT2D eigenvalue weighted by Crippen LogP contribution is -2.50. The van der Waals surface area contributed by atoms with Gasteiger partial charge in [-0.2, -0.15) is 0 Å².